The topological polar surface area (TPSA) is 110 Å². The van der Waals surface area contributed by atoms with E-state index in [9.17, 15) is 14.4 Å². The second-order valence-corrected chi connectivity index (χ2v) is 9.77. The van der Waals surface area contributed by atoms with Gasteiger partial charge in [-0.3, -0.25) is 14.4 Å². The van der Waals surface area contributed by atoms with E-state index in [2.05, 4.69) is 46.1 Å². The predicted octanol–water partition coefficient (Wildman–Crippen LogP) is 4.82. The summed E-state index contributed by atoms with van der Waals surface area (Å²) in [7, 11) is 0. The SMILES string of the molecule is CC(=O)OCC(=O)Nc1cc(CSc2ncccc2C(=O)Nc2ccc(C(C)(C)C)cc2)ccn1. The lowest BCUT2D eigenvalue weighted by molar-refractivity contribution is -0.144. The van der Waals surface area contributed by atoms with Crippen LogP contribution in [0.5, 0.6) is 0 Å². The number of hydrogen-bond acceptors (Lipinski definition) is 7. The first-order chi connectivity index (χ1) is 16.6. The number of amides is 2. The number of pyridine rings is 2. The van der Waals surface area contributed by atoms with E-state index >= 15 is 0 Å². The number of thioether (sulfide) groups is 1. The lowest BCUT2D eigenvalue weighted by atomic mass is 9.87. The van der Waals surface area contributed by atoms with Gasteiger partial charge in [0.1, 0.15) is 10.8 Å². The minimum atomic E-state index is -0.532. The fraction of sp³-hybridized carbons (Fsp3) is 0.269. The normalized spacial score (nSPS) is 11.0. The van der Waals surface area contributed by atoms with Gasteiger partial charge in [0, 0.05) is 30.8 Å². The Bertz CT molecular complexity index is 1210. The fourth-order valence-electron chi connectivity index (χ4n) is 3.06. The molecule has 0 unspecified atom stereocenters. The number of ether oxygens (including phenoxy) is 1. The smallest absolute Gasteiger partial charge is 0.303 e. The van der Waals surface area contributed by atoms with Crippen LogP contribution in [0.15, 0.2) is 66.0 Å². The fourth-order valence-corrected chi connectivity index (χ4v) is 4.00. The molecular weight excluding hydrogens is 464 g/mol. The molecule has 0 atom stereocenters. The Hall–Kier alpha value is -3.72. The molecule has 9 heteroatoms. The number of carbonyl (C=O) groups excluding carboxylic acids is 3. The summed E-state index contributed by atoms with van der Waals surface area (Å²) in [6, 6.07) is 14.8. The third kappa shape index (κ3) is 7.92. The zero-order valence-corrected chi connectivity index (χ0v) is 20.9. The standard InChI is InChI=1S/C26H28N4O4S/c1-17(31)34-15-23(32)30-22-14-18(11-13-27-22)16-35-25-21(6-5-12-28-25)24(33)29-20-9-7-19(8-10-20)26(2,3)4/h5-14H,15-16H2,1-4H3,(H,29,33)(H,27,30,32). The van der Waals surface area contributed by atoms with Crippen LogP contribution in [-0.2, 0) is 25.5 Å². The third-order valence-corrected chi connectivity index (χ3v) is 5.97. The van der Waals surface area contributed by atoms with E-state index in [0.29, 0.717) is 27.8 Å². The number of rotatable bonds is 8. The van der Waals surface area contributed by atoms with Gasteiger partial charge in [0.15, 0.2) is 6.61 Å². The molecule has 2 N–H and O–H groups in total. The van der Waals surface area contributed by atoms with Crippen LogP contribution in [0.2, 0.25) is 0 Å². The third-order valence-electron chi connectivity index (χ3n) is 4.90. The highest BCUT2D eigenvalue weighted by Gasteiger charge is 2.16. The van der Waals surface area contributed by atoms with Gasteiger partial charge >= 0.3 is 5.97 Å². The second kappa shape index (κ2) is 11.6. The molecule has 2 heterocycles. The van der Waals surface area contributed by atoms with E-state index in [1.54, 1.807) is 30.6 Å². The molecule has 182 valence electrons. The van der Waals surface area contributed by atoms with Crippen LogP contribution in [0.3, 0.4) is 0 Å². The molecule has 0 aliphatic heterocycles. The first-order valence-corrected chi connectivity index (χ1v) is 12.0. The molecule has 0 bridgehead atoms. The minimum Gasteiger partial charge on any atom is -0.456 e. The van der Waals surface area contributed by atoms with Crippen molar-refractivity contribution in [3.05, 3.63) is 77.6 Å². The van der Waals surface area contributed by atoms with Gasteiger partial charge in [-0.1, -0.05) is 32.9 Å². The average Bonchev–Trinajstić information content (AvgIpc) is 2.81. The molecule has 0 aliphatic carbocycles. The van der Waals surface area contributed by atoms with E-state index in [-0.39, 0.29) is 17.9 Å². The molecule has 8 nitrogen and oxygen atoms in total. The Morgan fingerprint density at radius 3 is 2.40 bits per heavy atom. The minimum absolute atomic E-state index is 0.0354. The molecule has 0 spiro atoms. The van der Waals surface area contributed by atoms with Gasteiger partial charge in [0.2, 0.25) is 0 Å². The van der Waals surface area contributed by atoms with Crippen molar-refractivity contribution in [2.75, 3.05) is 17.2 Å². The molecule has 0 saturated carbocycles. The van der Waals surface area contributed by atoms with Crippen molar-refractivity contribution in [3.8, 4) is 0 Å². The quantitative estimate of drug-likeness (QED) is 0.343. The van der Waals surface area contributed by atoms with Crippen molar-refractivity contribution >= 4 is 41.1 Å². The lowest BCUT2D eigenvalue weighted by Crippen LogP contribution is -2.20. The van der Waals surface area contributed by atoms with Crippen LogP contribution in [0.25, 0.3) is 0 Å². The summed E-state index contributed by atoms with van der Waals surface area (Å²) in [6.45, 7) is 7.28. The van der Waals surface area contributed by atoms with Crippen LogP contribution in [-0.4, -0.2) is 34.4 Å². The predicted molar refractivity (Wildman–Crippen MR) is 136 cm³/mol. The first-order valence-electron chi connectivity index (χ1n) is 11.0. The Morgan fingerprint density at radius 2 is 1.71 bits per heavy atom. The maximum atomic E-state index is 13.0. The zero-order valence-electron chi connectivity index (χ0n) is 20.1. The maximum absolute atomic E-state index is 13.0. The molecule has 0 saturated heterocycles. The van der Waals surface area contributed by atoms with Crippen molar-refractivity contribution < 1.29 is 19.1 Å². The Kier molecular flexibility index (Phi) is 8.59. The molecule has 0 radical (unpaired) electrons. The van der Waals surface area contributed by atoms with E-state index < -0.39 is 11.9 Å². The maximum Gasteiger partial charge on any atom is 0.303 e. The summed E-state index contributed by atoms with van der Waals surface area (Å²) in [6.07, 6.45) is 3.22. The molecule has 0 aliphatic rings. The van der Waals surface area contributed by atoms with Gasteiger partial charge in [0.25, 0.3) is 11.8 Å². The first kappa shape index (κ1) is 25.9. The number of benzene rings is 1. The largest absolute Gasteiger partial charge is 0.456 e. The van der Waals surface area contributed by atoms with Gasteiger partial charge in [-0.05, 0) is 52.9 Å². The highest BCUT2D eigenvalue weighted by molar-refractivity contribution is 7.98. The number of nitrogens with zero attached hydrogens (tertiary/aromatic N) is 2. The van der Waals surface area contributed by atoms with Gasteiger partial charge in [0.05, 0.1) is 5.56 Å². The van der Waals surface area contributed by atoms with Crippen molar-refractivity contribution in [1.82, 2.24) is 9.97 Å². The van der Waals surface area contributed by atoms with Crippen LogP contribution in [0.4, 0.5) is 11.5 Å². The second-order valence-electron chi connectivity index (χ2n) is 8.80. The van der Waals surface area contributed by atoms with E-state index in [0.717, 1.165) is 5.56 Å². The number of carbonyl (C=O) groups is 3. The van der Waals surface area contributed by atoms with Gasteiger partial charge in [-0.15, -0.1) is 11.8 Å². The Morgan fingerprint density at radius 1 is 0.971 bits per heavy atom. The number of hydrogen-bond donors (Lipinski definition) is 2. The van der Waals surface area contributed by atoms with Crippen LogP contribution >= 0.6 is 11.8 Å². The molecule has 35 heavy (non-hydrogen) atoms. The van der Waals surface area contributed by atoms with Crippen LogP contribution < -0.4 is 10.6 Å². The summed E-state index contributed by atoms with van der Waals surface area (Å²) >= 11 is 1.40. The molecular formula is C26H28N4O4S. The molecule has 1 aromatic carbocycles. The van der Waals surface area contributed by atoms with Crippen LogP contribution in [0.1, 0.15) is 49.2 Å². The zero-order chi connectivity index (χ0) is 25.4. The molecule has 3 aromatic rings. The molecule has 2 amide bonds. The summed E-state index contributed by atoms with van der Waals surface area (Å²) in [5.74, 6) is -0.394. The van der Waals surface area contributed by atoms with Crippen molar-refractivity contribution in [1.29, 1.82) is 0 Å². The Balaban J connectivity index is 1.64. The number of aromatic nitrogens is 2. The molecule has 3 rings (SSSR count). The summed E-state index contributed by atoms with van der Waals surface area (Å²) < 4.78 is 4.68. The van der Waals surface area contributed by atoms with Crippen molar-refractivity contribution in [2.24, 2.45) is 0 Å². The summed E-state index contributed by atoms with van der Waals surface area (Å²) in [5, 5.41) is 6.12. The number of anilines is 2. The monoisotopic (exact) mass is 492 g/mol. The van der Waals surface area contributed by atoms with Crippen molar-refractivity contribution in [3.63, 3.8) is 0 Å². The van der Waals surface area contributed by atoms with Crippen molar-refractivity contribution in [2.45, 2.75) is 43.9 Å². The van der Waals surface area contributed by atoms with Crippen LogP contribution in [0, 0.1) is 0 Å². The van der Waals surface area contributed by atoms with Gasteiger partial charge in [-0.25, -0.2) is 9.97 Å². The average molecular weight is 493 g/mol. The van der Waals surface area contributed by atoms with Gasteiger partial charge < -0.3 is 15.4 Å². The number of nitrogens with one attached hydrogen (secondary N) is 2. The molecule has 0 fully saturated rings. The lowest BCUT2D eigenvalue weighted by Gasteiger charge is -2.19. The highest BCUT2D eigenvalue weighted by atomic mass is 32.2. The van der Waals surface area contributed by atoms with E-state index in [4.69, 9.17) is 0 Å². The Labute approximate surface area is 208 Å². The molecule has 2 aromatic heterocycles. The van der Waals surface area contributed by atoms with Gasteiger partial charge in [-0.2, -0.15) is 0 Å². The summed E-state index contributed by atoms with van der Waals surface area (Å²) in [5.41, 5.74) is 3.29. The summed E-state index contributed by atoms with van der Waals surface area (Å²) in [4.78, 5) is 44.2. The number of esters is 1. The van der Waals surface area contributed by atoms with E-state index in [1.165, 1.54) is 24.2 Å². The highest BCUT2D eigenvalue weighted by Crippen LogP contribution is 2.27. The van der Waals surface area contributed by atoms with E-state index in [1.807, 2.05) is 30.3 Å².